The number of aryl methyl sites for hydroxylation is 2. The second kappa shape index (κ2) is 9.06. The smallest absolute Gasteiger partial charge is 0.280 e. The van der Waals surface area contributed by atoms with Gasteiger partial charge in [-0.05, 0) is 74.3 Å². The highest BCUT2D eigenvalue weighted by Gasteiger charge is 2.37. The number of nitrogens with one attached hydrogen (secondary N) is 1. The fraction of sp³-hybridized carbons (Fsp3) is 0.364. The van der Waals surface area contributed by atoms with Crippen LogP contribution in [0.2, 0.25) is 0 Å². The lowest BCUT2D eigenvalue weighted by molar-refractivity contribution is -0.124. The molecule has 0 bridgehead atoms. The predicted octanol–water partition coefficient (Wildman–Crippen LogP) is 4.91. The second-order valence-electron chi connectivity index (χ2n) is 7.90. The zero-order valence-corrected chi connectivity index (χ0v) is 19.4. The fourth-order valence-corrected chi connectivity index (χ4v) is 4.28. The predicted molar refractivity (Wildman–Crippen MR) is 122 cm³/mol. The van der Waals surface area contributed by atoms with E-state index in [2.05, 4.69) is 14.9 Å². The number of amides is 2. The van der Waals surface area contributed by atoms with Crippen LogP contribution in [0.4, 0.5) is 5.69 Å². The van der Waals surface area contributed by atoms with Gasteiger partial charge in [0.15, 0.2) is 11.7 Å². The summed E-state index contributed by atoms with van der Waals surface area (Å²) in [6.07, 6.45) is 0.767. The van der Waals surface area contributed by atoms with Crippen LogP contribution < -0.4 is 10.2 Å². The maximum Gasteiger partial charge on any atom is 0.280 e. The summed E-state index contributed by atoms with van der Waals surface area (Å²) in [5.41, 5.74) is 2.43. The Morgan fingerprint density at radius 1 is 1.23 bits per heavy atom. The first-order valence-electron chi connectivity index (χ1n) is 9.77. The molecule has 0 aliphatic heterocycles. The van der Waals surface area contributed by atoms with E-state index in [9.17, 15) is 9.59 Å². The number of anilines is 1. The molecule has 3 rings (SSSR count). The molecule has 158 valence electrons. The van der Waals surface area contributed by atoms with E-state index in [1.54, 1.807) is 10.3 Å². The first kappa shape index (κ1) is 22.1. The lowest BCUT2D eigenvalue weighted by Crippen LogP contribution is -2.50. The van der Waals surface area contributed by atoms with Gasteiger partial charge in [0.05, 0.1) is 0 Å². The largest absolute Gasteiger partial charge is 0.349 e. The molecular formula is C22H26N4O2S2. The van der Waals surface area contributed by atoms with Crippen LogP contribution in [0.15, 0.2) is 41.1 Å². The third-order valence-electron chi connectivity index (χ3n) is 5.09. The van der Waals surface area contributed by atoms with Gasteiger partial charge in [-0.25, -0.2) is 0 Å². The number of benzene rings is 1. The van der Waals surface area contributed by atoms with Gasteiger partial charge in [-0.15, -0.1) is 16.4 Å². The van der Waals surface area contributed by atoms with Crippen LogP contribution in [0.5, 0.6) is 0 Å². The Hall–Kier alpha value is -2.58. The van der Waals surface area contributed by atoms with E-state index in [4.69, 9.17) is 0 Å². The van der Waals surface area contributed by atoms with Crippen molar-refractivity contribution in [3.05, 3.63) is 62.8 Å². The van der Waals surface area contributed by atoms with E-state index < -0.39 is 11.6 Å². The molecule has 2 heterocycles. The van der Waals surface area contributed by atoms with E-state index in [0.29, 0.717) is 5.69 Å². The summed E-state index contributed by atoms with van der Waals surface area (Å²) in [5.74, 6) is -0.568. The summed E-state index contributed by atoms with van der Waals surface area (Å²) in [7, 11) is 0. The van der Waals surface area contributed by atoms with Crippen LogP contribution in [0.25, 0.3) is 0 Å². The lowest BCUT2D eigenvalue weighted by atomic mass is 10.00. The van der Waals surface area contributed by atoms with E-state index in [1.165, 1.54) is 11.3 Å². The van der Waals surface area contributed by atoms with Gasteiger partial charge in [-0.3, -0.25) is 14.5 Å². The van der Waals surface area contributed by atoms with Crippen LogP contribution >= 0.6 is 22.9 Å². The molecule has 8 heteroatoms. The minimum Gasteiger partial charge on any atom is -0.349 e. The Kier molecular flexibility index (Phi) is 6.67. The second-order valence-corrected chi connectivity index (χ2v) is 9.49. The lowest BCUT2D eigenvalue weighted by Gasteiger charge is -2.34. The number of hydrogen-bond acceptors (Lipinski definition) is 6. The third-order valence-corrected chi connectivity index (χ3v) is 6.52. The van der Waals surface area contributed by atoms with Gasteiger partial charge in [0.2, 0.25) is 5.91 Å². The Bertz CT molecular complexity index is 1010. The number of rotatable bonds is 7. The average molecular weight is 443 g/mol. The summed E-state index contributed by atoms with van der Waals surface area (Å²) >= 11 is 2.57. The molecule has 1 N–H and O–H groups in total. The number of carbonyl (C=O) groups is 2. The molecule has 1 atom stereocenters. The van der Waals surface area contributed by atoms with Gasteiger partial charge in [-0.1, -0.05) is 29.6 Å². The number of carbonyl (C=O) groups excluding carboxylic acids is 2. The van der Waals surface area contributed by atoms with E-state index in [-0.39, 0.29) is 17.5 Å². The van der Waals surface area contributed by atoms with Crippen molar-refractivity contribution in [3.63, 3.8) is 0 Å². The highest BCUT2D eigenvalue weighted by Crippen LogP contribution is 2.35. The van der Waals surface area contributed by atoms with Crippen LogP contribution in [-0.2, 0) is 4.79 Å². The quantitative estimate of drug-likeness (QED) is 0.564. The monoisotopic (exact) mass is 442 g/mol. The van der Waals surface area contributed by atoms with Crippen molar-refractivity contribution in [1.82, 2.24) is 14.9 Å². The summed E-state index contributed by atoms with van der Waals surface area (Å²) < 4.78 is 3.85. The van der Waals surface area contributed by atoms with Crippen molar-refractivity contribution in [2.24, 2.45) is 0 Å². The maximum atomic E-state index is 13.6. The number of thiophene rings is 1. The van der Waals surface area contributed by atoms with Crippen molar-refractivity contribution in [2.75, 3.05) is 4.90 Å². The van der Waals surface area contributed by atoms with Gasteiger partial charge in [0, 0.05) is 21.5 Å². The molecule has 30 heavy (non-hydrogen) atoms. The highest BCUT2D eigenvalue weighted by molar-refractivity contribution is 7.10. The van der Waals surface area contributed by atoms with Gasteiger partial charge in [0.25, 0.3) is 5.91 Å². The van der Waals surface area contributed by atoms with Gasteiger partial charge in [-0.2, -0.15) is 0 Å². The zero-order chi connectivity index (χ0) is 21.9. The van der Waals surface area contributed by atoms with Crippen molar-refractivity contribution in [1.29, 1.82) is 0 Å². The molecule has 0 saturated heterocycles. The summed E-state index contributed by atoms with van der Waals surface area (Å²) in [6.45, 7) is 9.88. The van der Waals surface area contributed by atoms with Crippen LogP contribution in [0, 0.1) is 13.8 Å². The topological polar surface area (TPSA) is 75.2 Å². The first-order valence-corrected chi connectivity index (χ1v) is 11.5. The fourth-order valence-electron chi connectivity index (χ4n) is 3.04. The third kappa shape index (κ3) is 4.76. The average Bonchev–Trinajstić information content (AvgIpc) is 3.41. The van der Waals surface area contributed by atoms with Gasteiger partial charge >= 0.3 is 0 Å². The molecule has 0 aliphatic carbocycles. The molecule has 2 aromatic heterocycles. The number of nitrogens with zero attached hydrogens (tertiary/aromatic N) is 3. The molecule has 0 aliphatic rings. The molecule has 0 unspecified atom stereocenters. The van der Waals surface area contributed by atoms with Crippen LogP contribution in [0.3, 0.4) is 0 Å². The molecule has 0 fully saturated rings. The first-order chi connectivity index (χ1) is 14.2. The van der Waals surface area contributed by atoms with E-state index >= 15 is 0 Å². The molecule has 3 aromatic rings. The van der Waals surface area contributed by atoms with E-state index in [1.807, 2.05) is 70.3 Å². The van der Waals surface area contributed by atoms with Crippen molar-refractivity contribution >= 4 is 40.4 Å². The Morgan fingerprint density at radius 2 is 2.00 bits per heavy atom. The van der Waals surface area contributed by atoms with E-state index in [0.717, 1.165) is 34.0 Å². The van der Waals surface area contributed by atoms with Gasteiger partial charge < -0.3 is 5.32 Å². The molecule has 1 aromatic carbocycles. The maximum absolute atomic E-state index is 13.6. The minimum atomic E-state index is -0.814. The Labute approximate surface area is 185 Å². The summed E-state index contributed by atoms with van der Waals surface area (Å²) in [6, 6.07) is 8.85. The van der Waals surface area contributed by atoms with Crippen molar-refractivity contribution in [3.8, 4) is 0 Å². The molecular weight excluding hydrogens is 416 g/mol. The van der Waals surface area contributed by atoms with Crippen molar-refractivity contribution < 1.29 is 9.59 Å². The SMILES string of the molecule is CCC(C)(C)NC(=O)[C@@H](c1cccs1)N(C(=O)c1csnn1)c1cc(C)ccc1C. The minimum absolute atomic E-state index is 0.221. The number of aromatic nitrogens is 2. The Morgan fingerprint density at radius 3 is 2.60 bits per heavy atom. The molecule has 0 radical (unpaired) electrons. The Balaban J connectivity index is 2.17. The molecule has 6 nitrogen and oxygen atoms in total. The van der Waals surface area contributed by atoms with Crippen molar-refractivity contribution in [2.45, 2.75) is 52.6 Å². The number of hydrogen-bond donors (Lipinski definition) is 1. The normalized spacial score (nSPS) is 12.4. The highest BCUT2D eigenvalue weighted by atomic mass is 32.1. The molecule has 2 amide bonds. The summed E-state index contributed by atoms with van der Waals surface area (Å²) in [4.78, 5) is 29.5. The molecule has 0 saturated carbocycles. The van der Waals surface area contributed by atoms with Crippen LogP contribution in [-0.4, -0.2) is 26.9 Å². The summed E-state index contributed by atoms with van der Waals surface area (Å²) in [5, 5.41) is 10.6. The van der Waals surface area contributed by atoms with Gasteiger partial charge in [0.1, 0.15) is 0 Å². The van der Waals surface area contributed by atoms with Crippen LogP contribution in [0.1, 0.15) is 59.7 Å². The standard InChI is InChI=1S/C22H26N4O2S2/c1-6-22(4,5)23-20(27)19(18-8-7-11-29-18)26(21(28)16-13-30-25-24-16)17-12-14(2)9-10-15(17)3/h7-13,19H,6H2,1-5H3,(H,23,27)/t19-/m1/s1. The molecule has 0 spiro atoms. The zero-order valence-electron chi connectivity index (χ0n) is 17.8.